The van der Waals surface area contributed by atoms with Crippen molar-refractivity contribution in [1.82, 2.24) is 0 Å². The second-order valence-electron chi connectivity index (χ2n) is 3.52. The molecule has 0 bridgehead atoms. The van der Waals surface area contributed by atoms with Crippen molar-refractivity contribution in [1.29, 1.82) is 0 Å². The van der Waals surface area contributed by atoms with Crippen molar-refractivity contribution in [2.45, 2.75) is 13.3 Å². The van der Waals surface area contributed by atoms with Gasteiger partial charge < -0.3 is 9.22 Å². The Morgan fingerprint density at radius 2 is 2.10 bits per heavy atom. The Labute approximate surface area is 62.7 Å². The highest BCUT2D eigenvalue weighted by molar-refractivity contribution is 5.02. The molecule has 0 radical (unpaired) electrons. The van der Waals surface area contributed by atoms with Crippen molar-refractivity contribution in [3.8, 4) is 0 Å². The molecule has 1 aliphatic heterocycles. The number of likely N-dealkylation sites (N-methyl/N-ethyl adjacent to an activating group) is 1. The smallest absolute Gasteiger partial charge is 0.192 e. The van der Waals surface area contributed by atoms with Crippen LogP contribution in [0, 0.1) is 0 Å². The van der Waals surface area contributed by atoms with Crippen molar-refractivity contribution in [3.05, 3.63) is 12.0 Å². The van der Waals surface area contributed by atoms with Crippen LogP contribution in [0.4, 0.5) is 0 Å². The lowest BCUT2D eigenvalue weighted by molar-refractivity contribution is -0.886. The van der Waals surface area contributed by atoms with Gasteiger partial charge in [0.05, 0.1) is 20.6 Å². The summed E-state index contributed by atoms with van der Waals surface area (Å²) in [5.74, 6) is 1.15. The van der Waals surface area contributed by atoms with Crippen LogP contribution in [0.3, 0.4) is 0 Å². The van der Waals surface area contributed by atoms with Crippen LogP contribution in [0.15, 0.2) is 12.0 Å². The highest BCUT2D eigenvalue weighted by atomic mass is 16.5. The molecular weight excluding hydrogens is 126 g/mol. The summed E-state index contributed by atoms with van der Waals surface area (Å²) in [6.07, 6.45) is 3.07. The fourth-order valence-corrected chi connectivity index (χ4v) is 1.22. The highest BCUT2D eigenvalue weighted by Gasteiger charge is 2.22. The quantitative estimate of drug-likeness (QED) is 0.540. The van der Waals surface area contributed by atoms with Crippen LogP contribution < -0.4 is 0 Å². The number of hydrogen-bond acceptors (Lipinski definition) is 1. The minimum Gasteiger partial charge on any atom is -0.456 e. The molecule has 2 heteroatoms. The first kappa shape index (κ1) is 7.61. The first-order valence-corrected chi connectivity index (χ1v) is 3.82. The second kappa shape index (κ2) is 2.62. The fourth-order valence-electron chi connectivity index (χ4n) is 1.22. The molecular formula is C8H16NO+. The van der Waals surface area contributed by atoms with E-state index in [-0.39, 0.29) is 0 Å². The van der Waals surface area contributed by atoms with E-state index in [0.717, 1.165) is 16.8 Å². The normalized spacial score (nSPS) is 16.1. The van der Waals surface area contributed by atoms with Crippen LogP contribution in [0.5, 0.6) is 0 Å². The van der Waals surface area contributed by atoms with Crippen LogP contribution in [0.25, 0.3) is 0 Å². The third-order valence-electron chi connectivity index (χ3n) is 1.70. The van der Waals surface area contributed by atoms with Crippen molar-refractivity contribution < 1.29 is 9.22 Å². The predicted molar refractivity (Wildman–Crippen MR) is 41.3 cm³/mol. The molecule has 0 aromatic carbocycles. The maximum absolute atomic E-state index is 4.97. The largest absolute Gasteiger partial charge is 0.456 e. The van der Waals surface area contributed by atoms with Crippen LogP contribution in [0.2, 0.25) is 0 Å². The summed E-state index contributed by atoms with van der Waals surface area (Å²) in [6, 6.07) is 0. The molecule has 0 aromatic rings. The van der Waals surface area contributed by atoms with E-state index in [1.54, 1.807) is 0 Å². The lowest BCUT2D eigenvalue weighted by Gasteiger charge is -2.27. The van der Waals surface area contributed by atoms with Crippen molar-refractivity contribution in [2.24, 2.45) is 0 Å². The molecule has 0 aliphatic carbocycles. The van der Waals surface area contributed by atoms with E-state index in [4.69, 9.17) is 4.74 Å². The molecule has 0 amide bonds. The Bertz CT molecular complexity index is 149. The summed E-state index contributed by atoms with van der Waals surface area (Å²) < 4.78 is 6.01. The zero-order valence-electron chi connectivity index (χ0n) is 7.05. The van der Waals surface area contributed by atoms with Gasteiger partial charge in [-0.3, -0.25) is 0 Å². The molecule has 0 spiro atoms. The molecule has 10 heavy (non-hydrogen) atoms. The van der Waals surface area contributed by atoms with Crippen LogP contribution >= 0.6 is 0 Å². The summed E-state index contributed by atoms with van der Waals surface area (Å²) in [4.78, 5) is 0. The maximum Gasteiger partial charge on any atom is 0.192 e. The first-order chi connectivity index (χ1) is 4.64. The van der Waals surface area contributed by atoms with Crippen molar-refractivity contribution in [3.63, 3.8) is 0 Å². The summed E-state index contributed by atoms with van der Waals surface area (Å²) in [5.41, 5.74) is 0. The van der Waals surface area contributed by atoms with Gasteiger partial charge in [0, 0.05) is 0 Å². The minimum absolute atomic E-state index is 1.04. The summed E-state index contributed by atoms with van der Waals surface area (Å²) in [7, 11) is 4.46. The number of ether oxygens (including phenoxy) is 1. The number of nitrogens with zero attached hydrogens (tertiary/aromatic N) is 1. The SMILES string of the molecule is CCC[N+](C)(C)CC1=CO1. The van der Waals surface area contributed by atoms with Gasteiger partial charge in [-0.15, -0.1) is 0 Å². The highest BCUT2D eigenvalue weighted by Crippen LogP contribution is 2.17. The Hall–Kier alpha value is -0.500. The Kier molecular flexibility index (Phi) is 2.00. The molecule has 58 valence electrons. The zero-order valence-corrected chi connectivity index (χ0v) is 7.05. The average molecular weight is 142 g/mol. The minimum atomic E-state index is 1.04. The molecule has 1 rings (SSSR count). The lowest BCUT2D eigenvalue weighted by Crippen LogP contribution is -2.40. The van der Waals surface area contributed by atoms with Crippen molar-refractivity contribution in [2.75, 3.05) is 27.2 Å². The van der Waals surface area contributed by atoms with E-state index in [1.807, 2.05) is 6.26 Å². The van der Waals surface area contributed by atoms with Gasteiger partial charge in [0.15, 0.2) is 5.76 Å². The van der Waals surface area contributed by atoms with E-state index >= 15 is 0 Å². The summed E-state index contributed by atoms with van der Waals surface area (Å²) in [6.45, 7) is 4.48. The molecule has 0 unspecified atom stereocenters. The Morgan fingerprint density at radius 1 is 1.50 bits per heavy atom. The topological polar surface area (TPSA) is 12.5 Å². The molecule has 1 heterocycles. The third-order valence-corrected chi connectivity index (χ3v) is 1.70. The Morgan fingerprint density at radius 3 is 2.50 bits per heavy atom. The van der Waals surface area contributed by atoms with Gasteiger partial charge >= 0.3 is 0 Å². The first-order valence-electron chi connectivity index (χ1n) is 3.82. The zero-order chi connectivity index (χ0) is 7.61. The monoisotopic (exact) mass is 142 g/mol. The van der Waals surface area contributed by atoms with Gasteiger partial charge in [-0.25, -0.2) is 0 Å². The van der Waals surface area contributed by atoms with Crippen molar-refractivity contribution >= 4 is 0 Å². The van der Waals surface area contributed by atoms with E-state index in [9.17, 15) is 0 Å². The molecule has 0 saturated heterocycles. The van der Waals surface area contributed by atoms with Gasteiger partial charge in [0.2, 0.25) is 0 Å². The molecule has 0 aromatic heterocycles. The molecule has 1 aliphatic rings. The molecule has 0 fully saturated rings. The average Bonchev–Trinajstić information content (AvgIpc) is 2.48. The van der Waals surface area contributed by atoms with E-state index in [1.165, 1.54) is 13.0 Å². The second-order valence-corrected chi connectivity index (χ2v) is 3.52. The van der Waals surface area contributed by atoms with Gasteiger partial charge in [0.1, 0.15) is 12.8 Å². The van der Waals surface area contributed by atoms with E-state index in [0.29, 0.717) is 0 Å². The van der Waals surface area contributed by atoms with Gasteiger partial charge in [-0.1, -0.05) is 6.92 Å². The summed E-state index contributed by atoms with van der Waals surface area (Å²) in [5, 5.41) is 0. The third kappa shape index (κ3) is 2.40. The fraction of sp³-hybridized carbons (Fsp3) is 0.750. The predicted octanol–water partition coefficient (Wildman–Crippen LogP) is 1.34. The maximum atomic E-state index is 4.97. The van der Waals surface area contributed by atoms with Crippen LogP contribution in [-0.4, -0.2) is 31.7 Å². The van der Waals surface area contributed by atoms with Crippen LogP contribution in [0.1, 0.15) is 13.3 Å². The molecule has 0 N–H and O–H groups in total. The number of hydrogen-bond donors (Lipinski definition) is 0. The van der Waals surface area contributed by atoms with Crippen LogP contribution in [-0.2, 0) is 4.74 Å². The van der Waals surface area contributed by atoms with Gasteiger partial charge in [-0.2, -0.15) is 0 Å². The van der Waals surface area contributed by atoms with Gasteiger partial charge in [0.25, 0.3) is 0 Å². The number of quaternary nitrogens is 1. The van der Waals surface area contributed by atoms with E-state index < -0.39 is 0 Å². The van der Waals surface area contributed by atoms with Gasteiger partial charge in [-0.05, 0) is 6.42 Å². The standard InChI is InChI=1S/C8H16NO/c1-4-5-9(2,3)6-8-7-10-8/h7H,4-6H2,1-3H3/q+1. The molecule has 2 nitrogen and oxygen atoms in total. The lowest BCUT2D eigenvalue weighted by atomic mass is 10.3. The molecule has 0 atom stereocenters. The van der Waals surface area contributed by atoms with E-state index in [2.05, 4.69) is 21.0 Å². The Balaban J connectivity index is 2.26. The molecule has 0 saturated carbocycles. The number of rotatable bonds is 4. The summed E-state index contributed by atoms with van der Waals surface area (Å²) >= 11 is 0.